The molecule has 1 N–H and O–H groups in total. The molecule has 3 rings (SSSR count). The maximum absolute atomic E-state index is 12.6. The van der Waals surface area contributed by atoms with Gasteiger partial charge in [-0.25, -0.2) is 8.42 Å². The van der Waals surface area contributed by atoms with Crippen LogP contribution in [0.25, 0.3) is 0 Å². The topological polar surface area (TPSA) is 66.5 Å². The van der Waals surface area contributed by atoms with E-state index in [9.17, 15) is 13.2 Å². The molecular formula is C18H20N2O3S. The minimum absolute atomic E-state index is 0.161. The van der Waals surface area contributed by atoms with Gasteiger partial charge < -0.3 is 4.90 Å². The van der Waals surface area contributed by atoms with E-state index in [-0.39, 0.29) is 10.8 Å². The van der Waals surface area contributed by atoms with Crippen LogP contribution >= 0.6 is 0 Å². The quantitative estimate of drug-likeness (QED) is 0.922. The van der Waals surface area contributed by atoms with E-state index >= 15 is 0 Å². The van der Waals surface area contributed by atoms with Crippen molar-refractivity contribution in [1.82, 2.24) is 9.62 Å². The molecule has 0 unspecified atom stereocenters. The Balaban J connectivity index is 1.70. The van der Waals surface area contributed by atoms with E-state index in [1.54, 1.807) is 30.0 Å². The van der Waals surface area contributed by atoms with Crippen molar-refractivity contribution in [1.29, 1.82) is 0 Å². The zero-order valence-corrected chi connectivity index (χ0v) is 14.3. The van der Waals surface area contributed by atoms with Crippen LogP contribution in [0.5, 0.6) is 0 Å². The lowest BCUT2D eigenvalue weighted by Gasteiger charge is -2.31. The molecule has 0 aromatic heterocycles. The second-order valence-corrected chi connectivity index (χ2v) is 7.65. The van der Waals surface area contributed by atoms with Crippen LogP contribution in [-0.2, 0) is 27.8 Å². The van der Waals surface area contributed by atoms with Crippen molar-refractivity contribution in [3.8, 4) is 0 Å². The first-order valence-electron chi connectivity index (χ1n) is 7.90. The summed E-state index contributed by atoms with van der Waals surface area (Å²) in [5.74, 6) is -0.205. The van der Waals surface area contributed by atoms with Crippen molar-refractivity contribution >= 4 is 15.9 Å². The number of amides is 1. The van der Waals surface area contributed by atoms with Crippen LogP contribution < -0.4 is 4.72 Å². The molecule has 0 saturated heterocycles. The van der Waals surface area contributed by atoms with Gasteiger partial charge in [0.25, 0.3) is 0 Å². The lowest BCUT2D eigenvalue weighted by molar-refractivity contribution is -0.133. The summed E-state index contributed by atoms with van der Waals surface area (Å²) in [7, 11) is -3.70. The van der Waals surface area contributed by atoms with Crippen molar-refractivity contribution in [3.63, 3.8) is 0 Å². The van der Waals surface area contributed by atoms with Gasteiger partial charge in [-0.05, 0) is 36.6 Å². The Hall–Kier alpha value is -2.18. The Morgan fingerprint density at radius 3 is 2.38 bits per heavy atom. The number of hydrogen-bond donors (Lipinski definition) is 1. The Kier molecular flexibility index (Phi) is 4.69. The standard InChI is InChI=1S/C18H20N2O3S/c1-14(19-24(22,23)17-9-3-2-4-10-17)18(21)20-12-11-15-7-5-6-8-16(15)13-20/h2-10,14,19H,11-13H2,1H3/t14-/m1/s1. The highest BCUT2D eigenvalue weighted by atomic mass is 32.2. The molecule has 1 aliphatic heterocycles. The fourth-order valence-corrected chi connectivity index (χ4v) is 4.13. The van der Waals surface area contributed by atoms with E-state index in [0.717, 1.165) is 12.0 Å². The minimum Gasteiger partial charge on any atom is -0.337 e. The average Bonchev–Trinajstić information content (AvgIpc) is 2.61. The number of benzene rings is 2. The Bertz CT molecular complexity index is 834. The monoisotopic (exact) mass is 344 g/mol. The Labute approximate surface area is 142 Å². The molecule has 0 fully saturated rings. The number of carbonyl (C=O) groups is 1. The SMILES string of the molecule is C[C@@H](NS(=O)(=O)c1ccccc1)C(=O)N1CCc2ccccc2C1. The first kappa shape index (κ1) is 16.7. The zero-order chi connectivity index (χ0) is 17.2. The van der Waals surface area contributed by atoms with Gasteiger partial charge >= 0.3 is 0 Å². The highest BCUT2D eigenvalue weighted by molar-refractivity contribution is 7.89. The molecular weight excluding hydrogens is 324 g/mol. The molecule has 1 amide bonds. The summed E-state index contributed by atoms with van der Waals surface area (Å²) in [6, 6.07) is 15.3. The summed E-state index contributed by atoms with van der Waals surface area (Å²) in [6.45, 7) is 2.71. The molecule has 1 atom stereocenters. The maximum atomic E-state index is 12.6. The van der Waals surface area contributed by atoms with Crippen LogP contribution in [0.15, 0.2) is 59.5 Å². The molecule has 24 heavy (non-hydrogen) atoms. The Morgan fingerprint density at radius 2 is 1.67 bits per heavy atom. The largest absolute Gasteiger partial charge is 0.337 e. The number of sulfonamides is 1. The molecule has 2 aromatic rings. The lowest BCUT2D eigenvalue weighted by Crippen LogP contribution is -2.48. The van der Waals surface area contributed by atoms with Crippen LogP contribution in [0.3, 0.4) is 0 Å². The average molecular weight is 344 g/mol. The second kappa shape index (κ2) is 6.75. The summed E-state index contributed by atoms with van der Waals surface area (Å²) in [5.41, 5.74) is 2.37. The maximum Gasteiger partial charge on any atom is 0.241 e. The van der Waals surface area contributed by atoms with E-state index in [1.165, 1.54) is 17.7 Å². The Morgan fingerprint density at radius 1 is 1.04 bits per heavy atom. The molecule has 0 aliphatic carbocycles. The predicted octanol–water partition coefficient (Wildman–Crippen LogP) is 1.94. The third-order valence-corrected chi connectivity index (χ3v) is 5.75. The van der Waals surface area contributed by atoms with E-state index in [0.29, 0.717) is 13.1 Å². The fraction of sp³-hybridized carbons (Fsp3) is 0.278. The fourth-order valence-electron chi connectivity index (χ4n) is 2.91. The number of rotatable bonds is 4. The highest BCUT2D eigenvalue weighted by Crippen LogP contribution is 2.19. The smallest absolute Gasteiger partial charge is 0.241 e. The third-order valence-electron chi connectivity index (χ3n) is 4.20. The number of nitrogens with zero attached hydrogens (tertiary/aromatic N) is 1. The van der Waals surface area contributed by atoms with Gasteiger partial charge in [-0.2, -0.15) is 4.72 Å². The van der Waals surface area contributed by atoms with E-state index in [2.05, 4.69) is 10.8 Å². The van der Waals surface area contributed by atoms with Crippen LogP contribution in [0, 0.1) is 0 Å². The molecule has 1 aliphatic rings. The first-order valence-corrected chi connectivity index (χ1v) is 9.38. The molecule has 2 aromatic carbocycles. The molecule has 1 heterocycles. The number of hydrogen-bond acceptors (Lipinski definition) is 3. The van der Waals surface area contributed by atoms with Gasteiger partial charge in [0.15, 0.2) is 0 Å². The van der Waals surface area contributed by atoms with Gasteiger partial charge in [0.05, 0.1) is 10.9 Å². The van der Waals surface area contributed by atoms with Gasteiger partial charge in [-0.3, -0.25) is 4.79 Å². The van der Waals surface area contributed by atoms with Crippen molar-refractivity contribution < 1.29 is 13.2 Å². The van der Waals surface area contributed by atoms with Crippen molar-refractivity contribution in [2.24, 2.45) is 0 Å². The molecule has 126 valence electrons. The van der Waals surface area contributed by atoms with E-state index in [4.69, 9.17) is 0 Å². The summed E-state index contributed by atoms with van der Waals surface area (Å²) in [6.07, 6.45) is 0.792. The van der Waals surface area contributed by atoms with Crippen LogP contribution in [0.2, 0.25) is 0 Å². The van der Waals surface area contributed by atoms with Crippen molar-refractivity contribution in [3.05, 3.63) is 65.7 Å². The highest BCUT2D eigenvalue weighted by Gasteiger charge is 2.27. The van der Waals surface area contributed by atoms with Crippen LogP contribution in [-0.4, -0.2) is 31.8 Å². The van der Waals surface area contributed by atoms with E-state index < -0.39 is 16.1 Å². The molecule has 0 saturated carbocycles. The minimum atomic E-state index is -3.70. The lowest BCUT2D eigenvalue weighted by atomic mass is 9.99. The summed E-state index contributed by atoms with van der Waals surface area (Å²) in [4.78, 5) is 14.5. The molecule has 0 spiro atoms. The van der Waals surface area contributed by atoms with Crippen molar-refractivity contribution in [2.45, 2.75) is 30.8 Å². The van der Waals surface area contributed by atoms with E-state index in [1.807, 2.05) is 18.2 Å². The number of fused-ring (bicyclic) bond motifs is 1. The van der Waals surface area contributed by atoms with Gasteiger partial charge in [0.2, 0.25) is 15.9 Å². The molecule has 0 radical (unpaired) electrons. The van der Waals surface area contributed by atoms with Crippen LogP contribution in [0.4, 0.5) is 0 Å². The summed E-state index contributed by atoms with van der Waals surface area (Å²) >= 11 is 0. The van der Waals surface area contributed by atoms with Gasteiger partial charge in [-0.15, -0.1) is 0 Å². The van der Waals surface area contributed by atoms with Crippen LogP contribution in [0.1, 0.15) is 18.1 Å². The summed E-state index contributed by atoms with van der Waals surface area (Å²) in [5, 5.41) is 0. The summed E-state index contributed by atoms with van der Waals surface area (Å²) < 4.78 is 27.2. The first-order chi connectivity index (χ1) is 11.5. The number of carbonyl (C=O) groups excluding carboxylic acids is 1. The van der Waals surface area contributed by atoms with Gasteiger partial charge in [-0.1, -0.05) is 42.5 Å². The normalized spacial score (nSPS) is 15.6. The molecule has 0 bridgehead atoms. The number of nitrogens with one attached hydrogen (secondary N) is 1. The second-order valence-electron chi connectivity index (χ2n) is 5.93. The van der Waals surface area contributed by atoms with Gasteiger partial charge in [0.1, 0.15) is 0 Å². The molecule has 5 nitrogen and oxygen atoms in total. The molecule has 6 heteroatoms. The predicted molar refractivity (Wildman–Crippen MR) is 91.8 cm³/mol. The third kappa shape index (κ3) is 3.49. The van der Waals surface area contributed by atoms with Crippen molar-refractivity contribution in [2.75, 3.05) is 6.54 Å². The zero-order valence-electron chi connectivity index (χ0n) is 13.5. The van der Waals surface area contributed by atoms with Gasteiger partial charge in [0, 0.05) is 13.1 Å².